The monoisotopic (exact) mass is 319 g/mol. The second kappa shape index (κ2) is 5.84. The van der Waals surface area contributed by atoms with Gasteiger partial charge in [-0.15, -0.1) is 0 Å². The first-order valence-corrected chi connectivity index (χ1v) is 6.61. The molecule has 1 aromatic carbocycles. The van der Waals surface area contributed by atoms with Crippen molar-refractivity contribution in [3.05, 3.63) is 52.3 Å². The molecule has 0 unspecified atom stereocenters. The summed E-state index contributed by atoms with van der Waals surface area (Å²) in [6.45, 7) is 1.94. The first kappa shape index (κ1) is 13.5. The third-order valence-electron chi connectivity index (χ3n) is 2.73. The van der Waals surface area contributed by atoms with Gasteiger partial charge in [0, 0.05) is 17.2 Å². The Morgan fingerprint density at radius 1 is 1.26 bits per heavy atom. The summed E-state index contributed by atoms with van der Waals surface area (Å²) in [7, 11) is 1.81. The number of rotatable bonds is 3. The van der Waals surface area contributed by atoms with E-state index in [9.17, 15) is 4.79 Å². The molecule has 0 atom stereocenters. The van der Waals surface area contributed by atoms with Crippen LogP contribution in [0.2, 0.25) is 0 Å². The summed E-state index contributed by atoms with van der Waals surface area (Å²) in [6.07, 6.45) is 1.63. The van der Waals surface area contributed by atoms with Crippen molar-refractivity contribution in [2.75, 3.05) is 17.7 Å². The lowest BCUT2D eigenvalue weighted by Gasteiger charge is -2.08. The number of carbonyl (C=O) groups is 1. The number of nitrogens with zero attached hydrogens (tertiary/aromatic N) is 1. The Balaban J connectivity index is 2.18. The maximum absolute atomic E-state index is 12.1. The van der Waals surface area contributed by atoms with Gasteiger partial charge in [-0.1, -0.05) is 22.0 Å². The van der Waals surface area contributed by atoms with E-state index in [2.05, 4.69) is 31.5 Å². The van der Waals surface area contributed by atoms with Crippen LogP contribution in [0.1, 0.15) is 16.1 Å². The minimum atomic E-state index is -0.219. The number of carbonyl (C=O) groups excluding carboxylic acids is 1. The van der Waals surface area contributed by atoms with Gasteiger partial charge in [-0.2, -0.15) is 0 Å². The molecule has 0 fully saturated rings. The third-order valence-corrected chi connectivity index (χ3v) is 3.23. The average molecular weight is 320 g/mol. The summed E-state index contributed by atoms with van der Waals surface area (Å²) in [4.78, 5) is 16.2. The van der Waals surface area contributed by atoms with Crippen LogP contribution in [0.15, 0.2) is 41.0 Å². The number of pyridine rings is 1. The Kier molecular flexibility index (Phi) is 4.16. The molecule has 1 aromatic heterocycles. The van der Waals surface area contributed by atoms with Crippen molar-refractivity contribution in [1.29, 1.82) is 0 Å². The molecule has 0 spiro atoms. The van der Waals surface area contributed by atoms with Gasteiger partial charge in [0.05, 0.1) is 11.9 Å². The molecule has 5 heteroatoms. The molecule has 0 radical (unpaired) electrons. The topological polar surface area (TPSA) is 54.0 Å². The van der Waals surface area contributed by atoms with Gasteiger partial charge >= 0.3 is 0 Å². The molecule has 0 aliphatic carbocycles. The SMILES string of the molecule is CNc1ccc(C(=O)Nc2cc(Br)ccc2C)nc1. The van der Waals surface area contributed by atoms with E-state index in [0.717, 1.165) is 21.4 Å². The van der Waals surface area contributed by atoms with Crippen LogP contribution in [-0.2, 0) is 0 Å². The van der Waals surface area contributed by atoms with E-state index >= 15 is 0 Å². The van der Waals surface area contributed by atoms with Crippen LogP contribution >= 0.6 is 15.9 Å². The second-order valence-corrected chi connectivity index (χ2v) is 5.01. The largest absolute Gasteiger partial charge is 0.387 e. The summed E-state index contributed by atoms with van der Waals surface area (Å²) in [5.74, 6) is -0.219. The molecule has 0 saturated carbocycles. The van der Waals surface area contributed by atoms with Crippen molar-refractivity contribution in [2.45, 2.75) is 6.92 Å². The van der Waals surface area contributed by atoms with Crippen LogP contribution in [-0.4, -0.2) is 17.9 Å². The van der Waals surface area contributed by atoms with Crippen molar-refractivity contribution in [2.24, 2.45) is 0 Å². The van der Waals surface area contributed by atoms with E-state index in [4.69, 9.17) is 0 Å². The highest BCUT2D eigenvalue weighted by Crippen LogP contribution is 2.21. The summed E-state index contributed by atoms with van der Waals surface area (Å²) < 4.78 is 0.923. The first-order valence-electron chi connectivity index (χ1n) is 5.81. The number of hydrogen-bond donors (Lipinski definition) is 2. The molecule has 0 bridgehead atoms. The van der Waals surface area contributed by atoms with Gasteiger partial charge in [0.1, 0.15) is 5.69 Å². The van der Waals surface area contributed by atoms with Crippen LogP contribution in [0, 0.1) is 6.92 Å². The zero-order chi connectivity index (χ0) is 13.8. The minimum Gasteiger partial charge on any atom is -0.387 e. The molecule has 4 nitrogen and oxygen atoms in total. The maximum Gasteiger partial charge on any atom is 0.274 e. The summed E-state index contributed by atoms with van der Waals surface area (Å²) >= 11 is 3.39. The van der Waals surface area contributed by atoms with Crippen LogP contribution in [0.5, 0.6) is 0 Å². The fourth-order valence-corrected chi connectivity index (χ4v) is 1.95. The number of halogens is 1. The Bertz CT molecular complexity index is 596. The van der Waals surface area contributed by atoms with Gasteiger partial charge in [0.25, 0.3) is 5.91 Å². The van der Waals surface area contributed by atoms with Gasteiger partial charge in [-0.05, 0) is 36.8 Å². The molecular formula is C14H14BrN3O. The predicted molar refractivity (Wildman–Crippen MR) is 80.6 cm³/mol. The Labute approximate surface area is 120 Å². The van der Waals surface area contributed by atoms with E-state index in [-0.39, 0.29) is 5.91 Å². The normalized spacial score (nSPS) is 10.1. The molecular weight excluding hydrogens is 306 g/mol. The van der Waals surface area contributed by atoms with E-state index in [1.54, 1.807) is 12.3 Å². The first-order chi connectivity index (χ1) is 9.10. The molecule has 0 aliphatic heterocycles. The zero-order valence-electron chi connectivity index (χ0n) is 10.7. The second-order valence-electron chi connectivity index (χ2n) is 4.10. The van der Waals surface area contributed by atoms with Gasteiger partial charge in [0.15, 0.2) is 0 Å². The van der Waals surface area contributed by atoms with Crippen molar-refractivity contribution in [1.82, 2.24) is 4.98 Å². The van der Waals surface area contributed by atoms with Crippen molar-refractivity contribution >= 4 is 33.2 Å². The molecule has 2 N–H and O–H groups in total. The zero-order valence-corrected chi connectivity index (χ0v) is 12.3. The summed E-state index contributed by atoms with van der Waals surface area (Å²) in [6, 6.07) is 9.25. The third kappa shape index (κ3) is 3.32. The fourth-order valence-electron chi connectivity index (χ4n) is 1.59. The molecule has 2 rings (SSSR count). The quantitative estimate of drug-likeness (QED) is 0.911. The van der Waals surface area contributed by atoms with Crippen LogP contribution in [0.3, 0.4) is 0 Å². The van der Waals surface area contributed by atoms with E-state index in [0.29, 0.717) is 5.69 Å². The van der Waals surface area contributed by atoms with Crippen molar-refractivity contribution < 1.29 is 4.79 Å². The lowest BCUT2D eigenvalue weighted by atomic mass is 10.2. The highest BCUT2D eigenvalue weighted by Gasteiger charge is 2.09. The average Bonchev–Trinajstić information content (AvgIpc) is 2.43. The van der Waals surface area contributed by atoms with E-state index < -0.39 is 0 Å². The fraction of sp³-hybridized carbons (Fsp3) is 0.143. The van der Waals surface area contributed by atoms with Gasteiger partial charge in [0.2, 0.25) is 0 Å². The highest BCUT2D eigenvalue weighted by molar-refractivity contribution is 9.10. The smallest absolute Gasteiger partial charge is 0.274 e. The van der Waals surface area contributed by atoms with Crippen LogP contribution in [0.4, 0.5) is 11.4 Å². The molecule has 1 heterocycles. The Morgan fingerprint density at radius 2 is 2.05 bits per heavy atom. The maximum atomic E-state index is 12.1. The summed E-state index contributed by atoms with van der Waals surface area (Å²) in [5, 5.41) is 5.81. The highest BCUT2D eigenvalue weighted by atomic mass is 79.9. The van der Waals surface area contributed by atoms with E-state index in [1.807, 2.05) is 38.2 Å². The molecule has 2 aromatic rings. The summed E-state index contributed by atoms with van der Waals surface area (Å²) in [5.41, 5.74) is 3.04. The molecule has 19 heavy (non-hydrogen) atoms. The number of hydrogen-bond acceptors (Lipinski definition) is 3. The van der Waals surface area contributed by atoms with Gasteiger partial charge < -0.3 is 10.6 Å². The Morgan fingerprint density at radius 3 is 2.68 bits per heavy atom. The number of aromatic nitrogens is 1. The number of anilines is 2. The van der Waals surface area contributed by atoms with Crippen molar-refractivity contribution in [3.8, 4) is 0 Å². The number of benzene rings is 1. The minimum absolute atomic E-state index is 0.219. The Hall–Kier alpha value is -1.88. The van der Waals surface area contributed by atoms with Crippen molar-refractivity contribution in [3.63, 3.8) is 0 Å². The molecule has 0 saturated heterocycles. The molecule has 1 amide bonds. The lowest BCUT2D eigenvalue weighted by Crippen LogP contribution is -2.14. The standard InChI is InChI=1S/C14H14BrN3O/c1-9-3-4-10(15)7-13(9)18-14(19)12-6-5-11(16-2)8-17-12/h3-8,16H,1-2H3,(H,18,19). The van der Waals surface area contributed by atoms with Crippen LogP contribution < -0.4 is 10.6 Å². The molecule has 0 aliphatic rings. The van der Waals surface area contributed by atoms with E-state index in [1.165, 1.54) is 0 Å². The van der Waals surface area contributed by atoms with Gasteiger partial charge in [-0.25, -0.2) is 4.98 Å². The number of aryl methyl sites for hydroxylation is 1. The molecule has 98 valence electrons. The lowest BCUT2D eigenvalue weighted by molar-refractivity contribution is 0.102. The number of amides is 1. The predicted octanol–water partition coefficient (Wildman–Crippen LogP) is 3.45. The van der Waals surface area contributed by atoms with Gasteiger partial charge in [-0.3, -0.25) is 4.79 Å². The number of nitrogens with one attached hydrogen (secondary N) is 2. The van der Waals surface area contributed by atoms with Crippen LogP contribution in [0.25, 0.3) is 0 Å².